The van der Waals surface area contributed by atoms with E-state index in [9.17, 15) is 0 Å². The first-order valence-electron chi connectivity index (χ1n) is 12.7. The fourth-order valence-electron chi connectivity index (χ4n) is 4.49. The summed E-state index contributed by atoms with van der Waals surface area (Å²) in [4.78, 5) is 13.3. The molecule has 7 rings (SSSR count). The molecular weight excluding hydrogens is 569 g/mol. The number of aryl methyl sites for hydroxylation is 2. The fraction of sp³-hybridized carbons (Fsp3) is 0.0588. The van der Waals surface area contributed by atoms with Crippen LogP contribution >= 0.6 is 56.7 Å². The smallest absolute Gasteiger partial charge is 0.0449 e. The predicted octanol–water partition coefficient (Wildman–Crippen LogP) is 12.6. The molecule has 0 aliphatic heterocycles. The Morgan fingerprint density at radius 3 is 0.718 bits per heavy atom. The summed E-state index contributed by atoms with van der Waals surface area (Å²) in [6, 6.07) is 40.3. The first kappa shape index (κ1) is 24.9. The second-order valence-electron chi connectivity index (χ2n) is 9.55. The first-order valence-corrected chi connectivity index (χ1v) is 16.8. The monoisotopic (exact) mass is 592 g/mol. The summed E-state index contributed by atoms with van der Waals surface area (Å²) >= 11 is 9.41. The summed E-state index contributed by atoms with van der Waals surface area (Å²) in [5, 5.41) is 0. The van der Waals surface area contributed by atoms with Gasteiger partial charge in [-0.1, -0.05) is 59.7 Å². The van der Waals surface area contributed by atoms with Gasteiger partial charge in [0.05, 0.1) is 0 Å². The Morgan fingerprint density at radius 1 is 0.256 bits per heavy atom. The molecule has 0 aliphatic carbocycles. The van der Waals surface area contributed by atoms with Crippen molar-refractivity contribution >= 4 is 56.7 Å². The average Bonchev–Trinajstić information content (AvgIpc) is 3.78. The quantitative estimate of drug-likeness (QED) is 0.180. The van der Waals surface area contributed by atoms with Gasteiger partial charge in [-0.25, -0.2) is 0 Å². The lowest BCUT2D eigenvalue weighted by Crippen LogP contribution is -1.72. The van der Waals surface area contributed by atoms with Crippen LogP contribution in [-0.4, -0.2) is 0 Å². The molecule has 0 unspecified atom stereocenters. The summed E-state index contributed by atoms with van der Waals surface area (Å²) in [5.41, 5.74) is 5.18. The molecule has 0 saturated carbocycles. The normalized spacial score (nSPS) is 11.3. The van der Waals surface area contributed by atoms with Crippen molar-refractivity contribution < 1.29 is 0 Å². The molecule has 2 aromatic carbocycles. The van der Waals surface area contributed by atoms with Crippen LogP contribution in [-0.2, 0) is 0 Å². The second-order valence-corrected chi connectivity index (χ2v) is 15.0. The Bertz CT molecular complexity index is 1730. The maximum atomic E-state index is 2.28. The van der Waals surface area contributed by atoms with Crippen LogP contribution in [0.1, 0.15) is 11.1 Å². The van der Waals surface area contributed by atoms with Gasteiger partial charge in [0.15, 0.2) is 0 Å². The number of hydrogen-bond donors (Lipinski definition) is 0. The van der Waals surface area contributed by atoms with Crippen LogP contribution in [0.3, 0.4) is 0 Å². The number of hydrogen-bond acceptors (Lipinski definition) is 5. The number of thiophene rings is 5. The van der Waals surface area contributed by atoms with E-state index < -0.39 is 0 Å². The highest BCUT2D eigenvalue weighted by atomic mass is 32.1. The van der Waals surface area contributed by atoms with E-state index in [0.29, 0.717) is 0 Å². The molecule has 0 bridgehead atoms. The van der Waals surface area contributed by atoms with Gasteiger partial charge in [0.2, 0.25) is 0 Å². The van der Waals surface area contributed by atoms with E-state index in [1.165, 1.54) is 71.0 Å². The average molecular weight is 593 g/mol. The largest absolute Gasteiger partial charge is 0.134 e. The summed E-state index contributed by atoms with van der Waals surface area (Å²) < 4.78 is 0. The third-order valence-electron chi connectivity index (χ3n) is 6.67. The van der Waals surface area contributed by atoms with Crippen molar-refractivity contribution in [2.75, 3.05) is 0 Å². The van der Waals surface area contributed by atoms with E-state index in [2.05, 4.69) is 123 Å². The Hall–Kier alpha value is -3.06. The van der Waals surface area contributed by atoms with Crippen molar-refractivity contribution in [2.24, 2.45) is 0 Å². The Balaban J connectivity index is 1.09. The molecule has 0 spiro atoms. The van der Waals surface area contributed by atoms with Crippen molar-refractivity contribution in [3.63, 3.8) is 0 Å². The van der Waals surface area contributed by atoms with Crippen LogP contribution in [0.5, 0.6) is 0 Å². The first-order chi connectivity index (χ1) is 19.1. The van der Waals surface area contributed by atoms with Crippen molar-refractivity contribution in [3.8, 4) is 59.9 Å². The van der Waals surface area contributed by atoms with E-state index in [1.54, 1.807) is 0 Å². The molecule has 0 fully saturated rings. The van der Waals surface area contributed by atoms with E-state index in [-0.39, 0.29) is 0 Å². The minimum atomic E-state index is 1.29. The highest BCUT2D eigenvalue weighted by Gasteiger charge is 2.13. The third kappa shape index (κ3) is 5.13. The molecular formula is C34H24S5. The van der Waals surface area contributed by atoms with Crippen molar-refractivity contribution in [1.82, 2.24) is 0 Å². The van der Waals surface area contributed by atoms with E-state index in [0.717, 1.165) is 0 Å². The molecule has 0 N–H and O–H groups in total. The van der Waals surface area contributed by atoms with Gasteiger partial charge in [0, 0.05) is 48.8 Å². The topological polar surface area (TPSA) is 0 Å². The maximum absolute atomic E-state index is 2.28. The van der Waals surface area contributed by atoms with Gasteiger partial charge in [-0.05, 0) is 85.6 Å². The zero-order chi connectivity index (χ0) is 26.3. The fourth-order valence-corrected chi connectivity index (χ4v) is 9.90. The lowest BCUT2D eigenvalue weighted by atomic mass is 10.1. The van der Waals surface area contributed by atoms with Crippen LogP contribution in [0.25, 0.3) is 59.9 Å². The molecule has 5 heterocycles. The van der Waals surface area contributed by atoms with Gasteiger partial charge in [0.1, 0.15) is 0 Å². The molecule has 0 amide bonds. The van der Waals surface area contributed by atoms with Gasteiger partial charge in [-0.3, -0.25) is 0 Å². The minimum Gasteiger partial charge on any atom is -0.134 e. The zero-order valence-corrected chi connectivity index (χ0v) is 25.5. The highest BCUT2D eigenvalue weighted by Crippen LogP contribution is 2.46. The van der Waals surface area contributed by atoms with Gasteiger partial charge < -0.3 is 0 Å². The second kappa shape index (κ2) is 10.5. The zero-order valence-electron chi connectivity index (χ0n) is 21.4. The molecule has 39 heavy (non-hydrogen) atoms. The molecule has 7 aromatic rings. The molecule has 0 atom stereocenters. The Morgan fingerprint density at radius 2 is 0.462 bits per heavy atom. The van der Waals surface area contributed by atoms with Crippen LogP contribution < -0.4 is 0 Å². The summed E-state index contributed by atoms with van der Waals surface area (Å²) in [6.45, 7) is 4.27. The van der Waals surface area contributed by atoms with Crippen LogP contribution in [0, 0.1) is 13.8 Å². The van der Waals surface area contributed by atoms with E-state index in [1.807, 2.05) is 56.7 Å². The van der Waals surface area contributed by atoms with Gasteiger partial charge in [-0.2, -0.15) is 0 Å². The third-order valence-corrected chi connectivity index (χ3v) is 13.0. The predicted molar refractivity (Wildman–Crippen MR) is 178 cm³/mol. The molecule has 0 aliphatic rings. The number of rotatable bonds is 6. The van der Waals surface area contributed by atoms with Crippen molar-refractivity contribution in [3.05, 3.63) is 120 Å². The van der Waals surface area contributed by atoms with E-state index in [4.69, 9.17) is 0 Å². The SMILES string of the molecule is Cc1ccc(-c2ccc(-c3ccc(-c4ccc(-c5ccc(-c6ccc(-c7ccc(C)cc7)s6)s5)s4)s3)s2)cc1. The molecule has 190 valence electrons. The van der Waals surface area contributed by atoms with Crippen LogP contribution in [0.4, 0.5) is 0 Å². The Kier molecular flexibility index (Phi) is 6.71. The summed E-state index contributed by atoms with van der Waals surface area (Å²) in [5.74, 6) is 0. The van der Waals surface area contributed by atoms with Crippen molar-refractivity contribution in [1.29, 1.82) is 0 Å². The highest BCUT2D eigenvalue weighted by molar-refractivity contribution is 7.30. The maximum Gasteiger partial charge on any atom is 0.0449 e. The standard InChI is InChI=1S/C34H24S5/c1-21-3-7-23(8-4-21)25-11-13-27(35-25)29-15-17-31(37-29)33-19-20-34(39-33)32-18-16-30(38-32)28-14-12-26(36-28)24-9-5-22(2)6-10-24/h3-20H,1-2H3. The van der Waals surface area contributed by atoms with Gasteiger partial charge in [0.25, 0.3) is 0 Å². The van der Waals surface area contributed by atoms with E-state index >= 15 is 0 Å². The van der Waals surface area contributed by atoms with Crippen LogP contribution in [0.15, 0.2) is 109 Å². The lowest BCUT2D eigenvalue weighted by molar-refractivity contribution is 1.48. The molecule has 0 saturated heterocycles. The van der Waals surface area contributed by atoms with Gasteiger partial charge in [-0.15, -0.1) is 56.7 Å². The molecule has 0 radical (unpaired) electrons. The molecule has 5 aromatic heterocycles. The minimum absolute atomic E-state index is 1.29. The van der Waals surface area contributed by atoms with Gasteiger partial charge >= 0.3 is 0 Å². The number of benzene rings is 2. The summed E-state index contributed by atoms with van der Waals surface area (Å²) in [7, 11) is 0. The lowest BCUT2D eigenvalue weighted by Gasteiger charge is -1.97. The summed E-state index contributed by atoms with van der Waals surface area (Å²) in [6.07, 6.45) is 0. The van der Waals surface area contributed by atoms with Crippen LogP contribution in [0.2, 0.25) is 0 Å². The van der Waals surface area contributed by atoms with Crippen molar-refractivity contribution in [2.45, 2.75) is 13.8 Å². The molecule has 0 nitrogen and oxygen atoms in total. The Labute approximate surface area is 249 Å². The molecule has 5 heteroatoms.